The quantitative estimate of drug-likeness (QED) is 0.316. The SMILES string of the molecule is COc1ccc(C2/C(=C(\O)c3ccccc3)C(=O)C(=O)N2c2cc(Cl)ccc2C)cc1OC. The molecule has 3 aromatic rings. The Morgan fingerprint density at radius 3 is 2.30 bits per heavy atom. The van der Waals surface area contributed by atoms with Gasteiger partial charge in [-0.2, -0.15) is 0 Å². The van der Waals surface area contributed by atoms with E-state index in [1.54, 1.807) is 66.7 Å². The minimum Gasteiger partial charge on any atom is -0.507 e. The zero-order chi connectivity index (χ0) is 23.7. The second kappa shape index (κ2) is 9.00. The molecule has 1 atom stereocenters. The van der Waals surface area contributed by atoms with Gasteiger partial charge in [-0.3, -0.25) is 14.5 Å². The fraction of sp³-hybridized carbons (Fsp3) is 0.154. The predicted molar refractivity (Wildman–Crippen MR) is 127 cm³/mol. The van der Waals surface area contributed by atoms with Crippen LogP contribution in [0.25, 0.3) is 5.76 Å². The summed E-state index contributed by atoms with van der Waals surface area (Å²) in [6, 6.07) is 18.0. The van der Waals surface area contributed by atoms with Crippen LogP contribution in [0.3, 0.4) is 0 Å². The van der Waals surface area contributed by atoms with Crippen molar-refractivity contribution in [3.05, 3.63) is 94.0 Å². The van der Waals surface area contributed by atoms with Gasteiger partial charge in [-0.1, -0.05) is 54.1 Å². The largest absolute Gasteiger partial charge is 0.507 e. The monoisotopic (exact) mass is 463 g/mol. The van der Waals surface area contributed by atoms with Gasteiger partial charge in [0.2, 0.25) is 0 Å². The third kappa shape index (κ3) is 3.94. The molecule has 7 heteroatoms. The summed E-state index contributed by atoms with van der Waals surface area (Å²) in [4.78, 5) is 27.9. The maximum absolute atomic E-state index is 13.3. The molecule has 0 bridgehead atoms. The number of rotatable bonds is 5. The van der Waals surface area contributed by atoms with E-state index >= 15 is 0 Å². The number of methoxy groups -OCH3 is 2. The number of Topliss-reactive ketones (excluding diaryl/α,β-unsaturated/α-hetero) is 1. The van der Waals surface area contributed by atoms with Gasteiger partial charge in [-0.15, -0.1) is 0 Å². The molecule has 1 amide bonds. The first-order valence-corrected chi connectivity index (χ1v) is 10.6. The molecule has 1 unspecified atom stereocenters. The topological polar surface area (TPSA) is 76.1 Å². The zero-order valence-corrected chi connectivity index (χ0v) is 19.1. The lowest BCUT2D eigenvalue weighted by molar-refractivity contribution is -0.132. The summed E-state index contributed by atoms with van der Waals surface area (Å²) in [5.41, 5.74) is 2.23. The molecule has 33 heavy (non-hydrogen) atoms. The number of carbonyl (C=O) groups is 2. The van der Waals surface area contributed by atoms with Crippen LogP contribution < -0.4 is 14.4 Å². The van der Waals surface area contributed by atoms with Gasteiger partial charge in [-0.25, -0.2) is 0 Å². The number of nitrogens with zero attached hydrogens (tertiary/aromatic N) is 1. The smallest absolute Gasteiger partial charge is 0.300 e. The summed E-state index contributed by atoms with van der Waals surface area (Å²) in [5.74, 6) is -0.854. The highest BCUT2D eigenvalue weighted by Gasteiger charge is 2.47. The van der Waals surface area contributed by atoms with Gasteiger partial charge in [0.25, 0.3) is 11.7 Å². The fourth-order valence-electron chi connectivity index (χ4n) is 4.01. The number of benzene rings is 3. The Kier molecular flexibility index (Phi) is 6.11. The summed E-state index contributed by atoms with van der Waals surface area (Å²) >= 11 is 6.23. The molecule has 0 aliphatic carbocycles. The molecule has 0 aromatic heterocycles. The second-order valence-electron chi connectivity index (χ2n) is 7.58. The number of amides is 1. The van der Waals surface area contributed by atoms with E-state index < -0.39 is 17.7 Å². The van der Waals surface area contributed by atoms with E-state index in [1.165, 1.54) is 19.1 Å². The predicted octanol–water partition coefficient (Wildman–Crippen LogP) is 5.29. The Labute approximate surface area is 196 Å². The number of aliphatic hydroxyl groups excluding tert-OH is 1. The number of carbonyl (C=O) groups excluding carboxylic acids is 2. The van der Waals surface area contributed by atoms with Crippen LogP contribution in [0.5, 0.6) is 11.5 Å². The molecule has 3 aromatic carbocycles. The van der Waals surface area contributed by atoms with Crippen molar-refractivity contribution >= 4 is 34.7 Å². The summed E-state index contributed by atoms with van der Waals surface area (Å²) in [7, 11) is 3.03. The van der Waals surface area contributed by atoms with Gasteiger partial charge in [-0.05, 0) is 42.3 Å². The van der Waals surface area contributed by atoms with Crippen molar-refractivity contribution < 1.29 is 24.2 Å². The van der Waals surface area contributed by atoms with Gasteiger partial charge in [0, 0.05) is 16.3 Å². The van der Waals surface area contributed by atoms with Crippen molar-refractivity contribution in [2.24, 2.45) is 0 Å². The number of halogens is 1. The van der Waals surface area contributed by atoms with Crippen LogP contribution in [-0.4, -0.2) is 31.0 Å². The Morgan fingerprint density at radius 2 is 1.64 bits per heavy atom. The maximum Gasteiger partial charge on any atom is 0.300 e. The van der Waals surface area contributed by atoms with Crippen molar-refractivity contribution in [2.75, 3.05) is 19.1 Å². The first kappa shape index (κ1) is 22.4. The van der Waals surface area contributed by atoms with Gasteiger partial charge in [0.15, 0.2) is 11.5 Å². The van der Waals surface area contributed by atoms with Crippen LogP contribution in [-0.2, 0) is 9.59 Å². The van der Waals surface area contributed by atoms with Gasteiger partial charge in [0.05, 0.1) is 25.8 Å². The van der Waals surface area contributed by atoms with Gasteiger partial charge < -0.3 is 14.6 Å². The number of hydrogen-bond acceptors (Lipinski definition) is 5. The van der Waals surface area contributed by atoms with Crippen LogP contribution in [0.15, 0.2) is 72.3 Å². The molecule has 0 saturated carbocycles. The van der Waals surface area contributed by atoms with E-state index in [1.807, 2.05) is 6.92 Å². The van der Waals surface area contributed by atoms with Crippen molar-refractivity contribution in [1.82, 2.24) is 0 Å². The van der Waals surface area contributed by atoms with E-state index in [4.69, 9.17) is 21.1 Å². The standard InChI is InChI=1S/C26H22ClNO5/c1-15-9-11-18(27)14-19(15)28-23(17-10-12-20(32-2)21(13-17)33-3)22(25(30)26(28)31)24(29)16-7-5-4-6-8-16/h4-14,23,29H,1-3H3/b24-22+. The molecule has 168 valence electrons. The van der Waals surface area contributed by atoms with E-state index in [-0.39, 0.29) is 11.3 Å². The normalized spacial score (nSPS) is 17.3. The molecule has 1 aliphatic heterocycles. The van der Waals surface area contributed by atoms with Crippen LogP contribution in [0.4, 0.5) is 5.69 Å². The molecule has 1 aliphatic rings. The molecule has 1 fully saturated rings. The summed E-state index contributed by atoms with van der Waals surface area (Å²) in [6.07, 6.45) is 0. The van der Waals surface area contributed by atoms with Crippen molar-refractivity contribution in [2.45, 2.75) is 13.0 Å². The lowest BCUT2D eigenvalue weighted by Crippen LogP contribution is -2.30. The second-order valence-corrected chi connectivity index (χ2v) is 8.02. The van der Waals surface area contributed by atoms with Gasteiger partial charge >= 0.3 is 0 Å². The summed E-state index contributed by atoms with van der Waals surface area (Å²) in [6.45, 7) is 1.83. The maximum atomic E-state index is 13.3. The van der Waals surface area contributed by atoms with E-state index in [0.717, 1.165) is 5.56 Å². The molecule has 4 rings (SSSR count). The highest BCUT2D eigenvalue weighted by molar-refractivity contribution is 6.52. The van der Waals surface area contributed by atoms with Crippen molar-refractivity contribution in [3.63, 3.8) is 0 Å². The van der Waals surface area contributed by atoms with Gasteiger partial charge in [0.1, 0.15) is 5.76 Å². The highest BCUT2D eigenvalue weighted by atomic mass is 35.5. The van der Waals surface area contributed by atoms with Crippen molar-refractivity contribution in [3.8, 4) is 11.5 Å². The Bertz CT molecular complexity index is 1270. The number of ketones is 1. The number of ether oxygens (including phenoxy) is 2. The number of aryl methyl sites for hydroxylation is 1. The molecule has 1 saturated heterocycles. The third-order valence-corrected chi connectivity index (χ3v) is 5.88. The molecule has 1 N–H and O–H groups in total. The average Bonchev–Trinajstić information content (AvgIpc) is 3.10. The molecule has 0 spiro atoms. The Hall–Kier alpha value is -3.77. The highest BCUT2D eigenvalue weighted by Crippen LogP contribution is 2.45. The minimum atomic E-state index is -0.901. The van der Waals surface area contributed by atoms with Crippen molar-refractivity contribution in [1.29, 1.82) is 0 Å². The van der Waals surface area contributed by atoms with E-state index in [9.17, 15) is 14.7 Å². The zero-order valence-electron chi connectivity index (χ0n) is 18.3. The van der Waals surface area contributed by atoms with E-state index in [0.29, 0.717) is 33.3 Å². The van der Waals surface area contributed by atoms with Crippen LogP contribution in [0, 0.1) is 6.92 Å². The molecular weight excluding hydrogens is 442 g/mol. The molecule has 6 nitrogen and oxygen atoms in total. The number of anilines is 1. The van der Waals surface area contributed by atoms with E-state index in [2.05, 4.69) is 0 Å². The molecule has 0 radical (unpaired) electrons. The fourth-order valence-corrected chi connectivity index (χ4v) is 4.18. The van der Waals surface area contributed by atoms with Crippen LogP contribution in [0.2, 0.25) is 5.02 Å². The first-order valence-electron chi connectivity index (χ1n) is 10.2. The Balaban J connectivity index is 2.00. The average molecular weight is 464 g/mol. The minimum absolute atomic E-state index is 0.0159. The first-order chi connectivity index (χ1) is 15.9. The lowest BCUT2D eigenvalue weighted by atomic mass is 9.94. The number of aliphatic hydroxyl groups is 1. The molecule has 1 heterocycles. The summed E-state index contributed by atoms with van der Waals surface area (Å²) in [5, 5.41) is 11.6. The van der Waals surface area contributed by atoms with Crippen LogP contribution >= 0.6 is 11.6 Å². The Morgan fingerprint density at radius 1 is 0.939 bits per heavy atom. The third-order valence-electron chi connectivity index (χ3n) is 5.65. The number of hydrogen-bond donors (Lipinski definition) is 1. The van der Waals surface area contributed by atoms with Crippen LogP contribution in [0.1, 0.15) is 22.7 Å². The lowest BCUT2D eigenvalue weighted by Gasteiger charge is -2.27. The summed E-state index contributed by atoms with van der Waals surface area (Å²) < 4.78 is 10.8. The molecular formula is C26H22ClNO5.